The Morgan fingerprint density at radius 1 is 0.833 bits per heavy atom. The number of carbonyl (C=O) groups is 3. The van der Waals surface area contributed by atoms with Gasteiger partial charge in [0.1, 0.15) is 17.9 Å². The van der Waals surface area contributed by atoms with Crippen molar-refractivity contribution in [2.75, 3.05) is 31.6 Å². The van der Waals surface area contributed by atoms with Crippen molar-refractivity contribution >= 4 is 46.7 Å². The number of nitrogens with zero attached hydrogens (tertiary/aromatic N) is 1. The van der Waals surface area contributed by atoms with E-state index in [4.69, 9.17) is 19.4 Å². The fraction of sp³-hybridized carbons (Fsp3) is 0.182. The molecular formula is C33H34N2O7. The minimum absolute atomic E-state index is 0.285. The first kappa shape index (κ1) is 31.4. The average Bonchev–Trinajstić information content (AvgIpc) is 3.38. The molecule has 42 heavy (non-hydrogen) atoms. The van der Waals surface area contributed by atoms with Gasteiger partial charge in [0.2, 0.25) is 0 Å². The van der Waals surface area contributed by atoms with Gasteiger partial charge in [-0.05, 0) is 55.1 Å². The van der Waals surface area contributed by atoms with Crippen LogP contribution < -0.4 is 10.1 Å². The number of para-hydroxylation sites is 1. The maximum Gasteiger partial charge on any atom is 0.328 e. The van der Waals surface area contributed by atoms with Crippen molar-refractivity contribution < 1.29 is 33.8 Å². The summed E-state index contributed by atoms with van der Waals surface area (Å²) in [5.74, 6) is -1.74. The lowest BCUT2D eigenvalue weighted by Crippen LogP contribution is -2.27. The molecule has 9 heteroatoms. The number of nitrogens with one attached hydrogen (secondary N) is 1. The third kappa shape index (κ3) is 9.79. The third-order valence-corrected chi connectivity index (χ3v) is 6.13. The molecule has 3 aromatic carbocycles. The molecule has 0 atom stereocenters. The van der Waals surface area contributed by atoms with Gasteiger partial charge in [-0.3, -0.25) is 4.79 Å². The highest BCUT2D eigenvalue weighted by Crippen LogP contribution is 2.29. The second kappa shape index (κ2) is 16.2. The third-order valence-electron chi connectivity index (χ3n) is 6.13. The van der Waals surface area contributed by atoms with Crippen LogP contribution in [0.5, 0.6) is 5.75 Å². The van der Waals surface area contributed by atoms with Gasteiger partial charge in [-0.25, -0.2) is 9.59 Å². The second-order valence-corrected chi connectivity index (χ2v) is 8.95. The number of fused-ring (bicyclic) bond motifs is 1. The molecule has 0 aliphatic carbocycles. The standard InChI is InChI=1S/C29H30N2O3.C4H4O4/c1-3-31(4-2)20-21-33-24-17-15-23(16-18-24)30-29(32)28-26(19-14-22-10-6-5-7-11-22)25-12-8-9-13-27(25)34-28;5-3(6)1-2-4(7)8/h5-19H,3-4,20-21H2,1-2H3,(H,30,32);1-2H,(H,5,6)(H,7,8)/b19-14+;2-1+. The van der Waals surface area contributed by atoms with Gasteiger partial charge >= 0.3 is 11.9 Å². The summed E-state index contributed by atoms with van der Waals surface area (Å²) in [4.78, 5) is 34.6. The first-order valence-electron chi connectivity index (χ1n) is 13.5. The molecule has 218 valence electrons. The van der Waals surface area contributed by atoms with E-state index >= 15 is 0 Å². The molecule has 0 radical (unpaired) electrons. The summed E-state index contributed by atoms with van der Waals surface area (Å²) in [6.45, 7) is 7.82. The predicted molar refractivity (Wildman–Crippen MR) is 164 cm³/mol. The van der Waals surface area contributed by atoms with Crippen LogP contribution >= 0.6 is 0 Å². The van der Waals surface area contributed by atoms with Crippen LogP contribution in [0.1, 0.15) is 35.5 Å². The Morgan fingerprint density at radius 3 is 2.07 bits per heavy atom. The summed E-state index contributed by atoms with van der Waals surface area (Å²) >= 11 is 0. The number of aliphatic carboxylic acids is 2. The number of amides is 1. The van der Waals surface area contributed by atoms with Crippen molar-refractivity contribution in [2.45, 2.75) is 13.8 Å². The van der Waals surface area contributed by atoms with Gasteiger partial charge in [0.05, 0.1) is 0 Å². The van der Waals surface area contributed by atoms with Gasteiger partial charge in [0.15, 0.2) is 5.76 Å². The van der Waals surface area contributed by atoms with Crippen LogP contribution in [-0.4, -0.2) is 59.2 Å². The fourth-order valence-electron chi connectivity index (χ4n) is 3.94. The van der Waals surface area contributed by atoms with Gasteiger partial charge < -0.3 is 29.6 Å². The highest BCUT2D eigenvalue weighted by Gasteiger charge is 2.19. The van der Waals surface area contributed by atoms with Crippen molar-refractivity contribution in [2.24, 2.45) is 0 Å². The number of ether oxygens (including phenoxy) is 1. The van der Waals surface area contributed by atoms with E-state index in [1.54, 1.807) is 0 Å². The van der Waals surface area contributed by atoms with E-state index in [9.17, 15) is 14.4 Å². The van der Waals surface area contributed by atoms with Crippen LogP contribution in [0.15, 0.2) is 95.4 Å². The molecule has 0 bridgehead atoms. The highest BCUT2D eigenvalue weighted by molar-refractivity contribution is 6.09. The molecule has 4 aromatic rings. The number of furan rings is 1. The van der Waals surface area contributed by atoms with Crippen molar-refractivity contribution in [1.82, 2.24) is 4.90 Å². The maximum atomic E-state index is 13.1. The predicted octanol–water partition coefficient (Wildman–Crippen LogP) is 6.29. The Morgan fingerprint density at radius 2 is 1.45 bits per heavy atom. The number of carboxylic acid groups (broad SMARTS) is 2. The molecule has 0 saturated heterocycles. The summed E-state index contributed by atoms with van der Waals surface area (Å²) < 4.78 is 11.8. The number of rotatable bonds is 12. The van der Waals surface area contributed by atoms with Crippen LogP contribution in [0.25, 0.3) is 23.1 Å². The monoisotopic (exact) mass is 570 g/mol. The molecule has 9 nitrogen and oxygen atoms in total. The first-order chi connectivity index (χ1) is 20.3. The summed E-state index contributed by atoms with van der Waals surface area (Å²) in [6, 6.07) is 25.1. The number of hydrogen-bond donors (Lipinski definition) is 3. The number of carboxylic acids is 2. The fourth-order valence-corrected chi connectivity index (χ4v) is 3.94. The number of anilines is 1. The van der Waals surface area contributed by atoms with Gasteiger partial charge in [0.25, 0.3) is 5.91 Å². The summed E-state index contributed by atoms with van der Waals surface area (Å²) in [5.41, 5.74) is 3.17. The molecule has 3 N–H and O–H groups in total. The molecule has 0 aliphatic heterocycles. The number of hydrogen-bond acceptors (Lipinski definition) is 6. The van der Waals surface area contributed by atoms with Crippen LogP contribution in [0.2, 0.25) is 0 Å². The normalized spacial score (nSPS) is 11.0. The minimum atomic E-state index is -1.26. The van der Waals surface area contributed by atoms with E-state index < -0.39 is 11.9 Å². The lowest BCUT2D eigenvalue weighted by molar-refractivity contribution is -0.134. The lowest BCUT2D eigenvalue weighted by Gasteiger charge is -2.18. The molecule has 0 aliphatic rings. The minimum Gasteiger partial charge on any atom is -0.492 e. The summed E-state index contributed by atoms with van der Waals surface area (Å²) in [7, 11) is 0. The van der Waals surface area contributed by atoms with E-state index in [1.807, 2.05) is 91.0 Å². The maximum absolute atomic E-state index is 13.1. The quantitative estimate of drug-likeness (QED) is 0.170. The van der Waals surface area contributed by atoms with E-state index in [1.165, 1.54) is 0 Å². The lowest BCUT2D eigenvalue weighted by atomic mass is 10.1. The SMILES string of the molecule is CCN(CC)CCOc1ccc(NC(=O)c2oc3ccccc3c2/C=C/c2ccccc2)cc1.O=C(O)/C=C/C(=O)O. The molecular weight excluding hydrogens is 536 g/mol. The summed E-state index contributed by atoms with van der Waals surface area (Å²) in [6.07, 6.45) is 5.03. The van der Waals surface area contributed by atoms with Gasteiger partial charge in [0, 0.05) is 35.3 Å². The number of benzene rings is 3. The smallest absolute Gasteiger partial charge is 0.328 e. The Labute approximate surface area is 244 Å². The molecule has 1 amide bonds. The van der Waals surface area contributed by atoms with Crippen molar-refractivity contribution in [3.63, 3.8) is 0 Å². The van der Waals surface area contributed by atoms with E-state index in [0.717, 1.165) is 41.9 Å². The van der Waals surface area contributed by atoms with E-state index in [-0.39, 0.29) is 11.7 Å². The number of carbonyl (C=O) groups excluding carboxylic acids is 1. The topological polar surface area (TPSA) is 129 Å². The van der Waals surface area contributed by atoms with Crippen LogP contribution in [0.3, 0.4) is 0 Å². The molecule has 0 spiro atoms. The largest absolute Gasteiger partial charge is 0.492 e. The molecule has 0 unspecified atom stereocenters. The van der Waals surface area contributed by atoms with Gasteiger partial charge in [-0.2, -0.15) is 0 Å². The number of likely N-dealkylation sites (N-methyl/N-ethyl adjacent to an activating group) is 1. The van der Waals surface area contributed by atoms with Gasteiger partial charge in [-0.1, -0.05) is 68.5 Å². The van der Waals surface area contributed by atoms with Crippen LogP contribution in [0.4, 0.5) is 5.69 Å². The highest BCUT2D eigenvalue weighted by atomic mass is 16.5. The second-order valence-electron chi connectivity index (χ2n) is 8.95. The molecule has 1 heterocycles. The molecule has 1 aromatic heterocycles. The average molecular weight is 571 g/mol. The van der Waals surface area contributed by atoms with Crippen LogP contribution in [-0.2, 0) is 9.59 Å². The van der Waals surface area contributed by atoms with Crippen molar-refractivity contribution in [3.05, 3.63) is 108 Å². The van der Waals surface area contributed by atoms with Crippen molar-refractivity contribution in [3.8, 4) is 5.75 Å². The Bertz CT molecular complexity index is 1500. The van der Waals surface area contributed by atoms with Crippen molar-refractivity contribution in [1.29, 1.82) is 0 Å². The Hall–Kier alpha value is -5.15. The zero-order valence-corrected chi connectivity index (χ0v) is 23.5. The Kier molecular flexibility index (Phi) is 12.1. The molecule has 0 saturated carbocycles. The van der Waals surface area contributed by atoms with Gasteiger partial charge in [-0.15, -0.1) is 0 Å². The molecule has 4 rings (SSSR count). The molecule has 0 fully saturated rings. The van der Waals surface area contributed by atoms with E-state index in [2.05, 4.69) is 24.1 Å². The zero-order chi connectivity index (χ0) is 30.3. The summed E-state index contributed by atoms with van der Waals surface area (Å²) in [5, 5.41) is 19.5. The first-order valence-corrected chi connectivity index (χ1v) is 13.5. The Balaban J connectivity index is 0.000000531. The zero-order valence-electron chi connectivity index (χ0n) is 23.5. The van der Waals surface area contributed by atoms with E-state index in [0.29, 0.717) is 30.0 Å². The van der Waals surface area contributed by atoms with Crippen LogP contribution in [0, 0.1) is 0 Å².